The van der Waals surface area contributed by atoms with Gasteiger partial charge in [-0.05, 0) is 24.3 Å². The zero-order valence-corrected chi connectivity index (χ0v) is 14.7. The van der Waals surface area contributed by atoms with Gasteiger partial charge in [0.05, 0.1) is 24.6 Å². The molecule has 1 aromatic carbocycles. The molecule has 4 N–H and O–H groups in total. The van der Waals surface area contributed by atoms with Crippen molar-refractivity contribution in [2.45, 2.75) is 57.2 Å². The lowest BCUT2D eigenvalue weighted by Gasteiger charge is -2.39. The van der Waals surface area contributed by atoms with Crippen molar-refractivity contribution < 1.29 is 19.4 Å². The molecule has 1 aliphatic carbocycles. The van der Waals surface area contributed by atoms with E-state index in [1.807, 2.05) is 30.3 Å². The average molecular weight is 348 g/mol. The van der Waals surface area contributed by atoms with E-state index in [2.05, 4.69) is 12.2 Å². The zero-order chi connectivity index (χ0) is 18.3. The van der Waals surface area contributed by atoms with Crippen LogP contribution in [0.2, 0.25) is 0 Å². The average Bonchev–Trinajstić information content (AvgIpc) is 2.60. The summed E-state index contributed by atoms with van der Waals surface area (Å²) in [7, 11) is 0. The number of carbonyl (C=O) groups excluding carboxylic acids is 2. The normalized spacial score (nSPS) is 24.4. The minimum atomic E-state index is -0.982. The summed E-state index contributed by atoms with van der Waals surface area (Å²) in [5, 5.41) is 12.6. The van der Waals surface area contributed by atoms with E-state index in [-0.39, 0.29) is 19.6 Å². The Morgan fingerprint density at radius 1 is 1.40 bits per heavy atom. The molecule has 3 atom stereocenters. The van der Waals surface area contributed by atoms with Gasteiger partial charge in [0, 0.05) is 0 Å². The molecule has 2 unspecified atom stereocenters. The third-order valence-corrected chi connectivity index (χ3v) is 4.75. The molecule has 1 amide bonds. The van der Waals surface area contributed by atoms with Crippen molar-refractivity contribution in [3.05, 3.63) is 35.9 Å². The number of benzene rings is 1. The van der Waals surface area contributed by atoms with E-state index < -0.39 is 23.5 Å². The lowest BCUT2D eigenvalue weighted by atomic mass is 9.76. The Morgan fingerprint density at radius 2 is 2.12 bits per heavy atom. The summed E-state index contributed by atoms with van der Waals surface area (Å²) in [5.74, 6) is -0.491. The van der Waals surface area contributed by atoms with Crippen LogP contribution in [0.15, 0.2) is 30.3 Å². The van der Waals surface area contributed by atoms with Gasteiger partial charge in [0.15, 0.2) is 0 Å². The highest BCUT2D eigenvalue weighted by Crippen LogP contribution is 2.32. The molecule has 25 heavy (non-hydrogen) atoms. The molecular weight excluding hydrogens is 320 g/mol. The van der Waals surface area contributed by atoms with E-state index in [9.17, 15) is 14.7 Å². The fraction of sp³-hybridized carbons (Fsp3) is 0.579. The summed E-state index contributed by atoms with van der Waals surface area (Å²) in [5.41, 5.74) is 6.11. The van der Waals surface area contributed by atoms with Gasteiger partial charge >= 0.3 is 5.97 Å². The molecule has 2 rings (SSSR count). The maximum Gasteiger partial charge on any atom is 0.308 e. The Balaban J connectivity index is 1.81. The second-order valence-corrected chi connectivity index (χ2v) is 7.09. The van der Waals surface area contributed by atoms with Gasteiger partial charge in [0.1, 0.15) is 6.61 Å². The number of nitrogens with one attached hydrogen (secondary N) is 1. The SMILES string of the molecule is CC1CCCC(CO)(NC(=O)[C@@H](N)CC(=O)OCc2ccccc2)C1. The number of hydrogen-bond acceptors (Lipinski definition) is 5. The van der Waals surface area contributed by atoms with Crippen LogP contribution in [0.1, 0.15) is 44.6 Å². The van der Waals surface area contributed by atoms with Crippen molar-refractivity contribution in [2.75, 3.05) is 6.61 Å². The number of carbonyl (C=O) groups is 2. The van der Waals surface area contributed by atoms with E-state index in [0.29, 0.717) is 5.92 Å². The van der Waals surface area contributed by atoms with Crippen molar-refractivity contribution in [3.63, 3.8) is 0 Å². The van der Waals surface area contributed by atoms with Crippen LogP contribution in [0.25, 0.3) is 0 Å². The number of aliphatic hydroxyl groups excluding tert-OH is 1. The fourth-order valence-electron chi connectivity index (χ4n) is 3.38. The molecule has 0 radical (unpaired) electrons. The maximum absolute atomic E-state index is 12.3. The number of amides is 1. The van der Waals surface area contributed by atoms with Crippen LogP contribution in [-0.2, 0) is 20.9 Å². The number of aliphatic hydroxyl groups is 1. The summed E-state index contributed by atoms with van der Waals surface area (Å²) < 4.78 is 5.16. The number of nitrogens with two attached hydrogens (primary N) is 1. The first-order valence-corrected chi connectivity index (χ1v) is 8.82. The molecule has 0 aromatic heterocycles. The molecule has 1 aromatic rings. The van der Waals surface area contributed by atoms with Gasteiger partial charge in [-0.25, -0.2) is 0 Å². The largest absolute Gasteiger partial charge is 0.461 e. The van der Waals surface area contributed by atoms with Gasteiger partial charge in [-0.3, -0.25) is 9.59 Å². The minimum absolute atomic E-state index is 0.117. The van der Waals surface area contributed by atoms with Gasteiger partial charge in [-0.2, -0.15) is 0 Å². The molecular formula is C19H28N2O4. The first kappa shape index (κ1) is 19.4. The van der Waals surface area contributed by atoms with Crippen LogP contribution < -0.4 is 11.1 Å². The molecule has 0 saturated heterocycles. The summed E-state index contributed by atoms with van der Waals surface area (Å²) in [4.78, 5) is 24.2. The highest BCUT2D eigenvalue weighted by molar-refractivity contribution is 5.86. The van der Waals surface area contributed by atoms with Gasteiger partial charge in [0.25, 0.3) is 0 Å². The number of esters is 1. The van der Waals surface area contributed by atoms with E-state index in [0.717, 1.165) is 31.2 Å². The highest BCUT2D eigenvalue weighted by atomic mass is 16.5. The first-order valence-electron chi connectivity index (χ1n) is 8.82. The number of ether oxygens (including phenoxy) is 1. The summed E-state index contributed by atoms with van der Waals surface area (Å²) in [6.07, 6.45) is 3.31. The van der Waals surface area contributed by atoms with Crippen LogP contribution in [0.5, 0.6) is 0 Å². The van der Waals surface area contributed by atoms with Crippen LogP contribution in [-0.4, -0.2) is 35.2 Å². The van der Waals surface area contributed by atoms with Gasteiger partial charge in [0.2, 0.25) is 5.91 Å². The molecule has 0 heterocycles. The Labute approximate surface area is 148 Å². The fourth-order valence-corrected chi connectivity index (χ4v) is 3.38. The topological polar surface area (TPSA) is 102 Å². The van der Waals surface area contributed by atoms with Gasteiger partial charge in [-0.1, -0.05) is 50.1 Å². The Hall–Kier alpha value is -1.92. The smallest absolute Gasteiger partial charge is 0.308 e. The maximum atomic E-state index is 12.3. The molecule has 1 aliphatic rings. The summed E-state index contributed by atoms with van der Waals surface area (Å²) in [6.45, 7) is 2.15. The Morgan fingerprint density at radius 3 is 2.76 bits per heavy atom. The molecule has 6 heteroatoms. The third kappa shape index (κ3) is 5.83. The predicted molar refractivity (Wildman–Crippen MR) is 94.4 cm³/mol. The zero-order valence-electron chi connectivity index (χ0n) is 14.7. The molecule has 0 aliphatic heterocycles. The van der Waals surface area contributed by atoms with Gasteiger partial charge < -0.3 is 20.9 Å². The van der Waals surface area contributed by atoms with Gasteiger partial charge in [-0.15, -0.1) is 0 Å². The lowest BCUT2D eigenvalue weighted by Crippen LogP contribution is -2.57. The van der Waals surface area contributed by atoms with Crippen molar-refractivity contribution in [3.8, 4) is 0 Å². The summed E-state index contributed by atoms with van der Waals surface area (Å²) in [6, 6.07) is 8.34. The Bertz CT molecular complexity index is 578. The van der Waals surface area contributed by atoms with E-state index in [4.69, 9.17) is 10.5 Å². The van der Waals surface area contributed by atoms with Crippen LogP contribution in [0.3, 0.4) is 0 Å². The highest BCUT2D eigenvalue weighted by Gasteiger charge is 2.37. The Kier molecular flexibility index (Phi) is 6.96. The van der Waals surface area contributed by atoms with Crippen molar-refractivity contribution in [2.24, 2.45) is 11.7 Å². The third-order valence-electron chi connectivity index (χ3n) is 4.75. The van der Waals surface area contributed by atoms with E-state index >= 15 is 0 Å². The first-order chi connectivity index (χ1) is 11.9. The monoisotopic (exact) mass is 348 g/mol. The predicted octanol–water partition coefficient (Wildman–Crippen LogP) is 1.50. The van der Waals surface area contributed by atoms with Crippen molar-refractivity contribution in [1.82, 2.24) is 5.32 Å². The number of rotatable bonds is 7. The van der Waals surface area contributed by atoms with E-state index in [1.54, 1.807) is 0 Å². The molecule has 1 fully saturated rings. The standard InChI is InChI=1S/C19H28N2O4/c1-14-6-5-9-19(11-14,13-22)21-18(24)16(20)10-17(23)25-12-15-7-3-2-4-8-15/h2-4,7-8,14,16,22H,5-6,9-13,20H2,1H3,(H,21,24)/t14?,16-,19?/m0/s1. The van der Waals surface area contributed by atoms with Crippen LogP contribution in [0, 0.1) is 5.92 Å². The second-order valence-electron chi connectivity index (χ2n) is 7.09. The quantitative estimate of drug-likeness (QED) is 0.648. The van der Waals surface area contributed by atoms with Crippen molar-refractivity contribution >= 4 is 11.9 Å². The lowest BCUT2D eigenvalue weighted by molar-refractivity contribution is -0.147. The number of hydrogen-bond donors (Lipinski definition) is 3. The molecule has 138 valence electrons. The molecule has 1 saturated carbocycles. The van der Waals surface area contributed by atoms with E-state index in [1.165, 1.54) is 0 Å². The van der Waals surface area contributed by atoms with Crippen LogP contribution in [0.4, 0.5) is 0 Å². The van der Waals surface area contributed by atoms with Crippen LogP contribution >= 0.6 is 0 Å². The minimum Gasteiger partial charge on any atom is -0.461 e. The summed E-state index contributed by atoms with van der Waals surface area (Å²) >= 11 is 0. The molecule has 0 bridgehead atoms. The molecule has 6 nitrogen and oxygen atoms in total. The molecule has 0 spiro atoms. The van der Waals surface area contributed by atoms with Crippen molar-refractivity contribution in [1.29, 1.82) is 0 Å². The second kappa shape index (κ2) is 8.97.